The minimum atomic E-state index is -0.545. The zero-order valence-electron chi connectivity index (χ0n) is 14.3. The topological polar surface area (TPSA) is 97.4 Å². The molecule has 0 aromatic heterocycles. The van der Waals surface area contributed by atoms with Crippen LogP contribution in [0.4, 0.5) is 17.1 Å². The third kappa shape index (κ3) is 3.92. The van der Waals surface area contributed by atoms with Gasteiger partial charge in [0.15, 0.2) is 11.5 Å². The van der Waals surface area contributed by atoms with Gasteiger partial charge < -0.3 is 19.5 Å². The molecule has 8 nitrogen and oxygen atoms in total. The Bertz CT molecular complexity index is 814. The summed E-state index contributed by atoms with van der Waals surface area (Å²) < 4.78 is 10.3. The van der Waals surface area contributed by atoms with Crippen molar-refractivity contribution in [3.8, 4) is 11.5 Å². The molecule has 3 rings (SSSR count). The van der Waals surface area contributed by atoms with Gasteiger partial charge in [0, 0.05) is 36.6 Å². The van der Waals surface area contributed by atoms with Gasteiger partial charge in [0.1, 0.15) is 0 Å². The largest absolute Gasteiger partial charge is 0.504 e. The summed E-state index contributed by atoms with van der Waals surface area (Å²) in [5.41, 5.74) is 1.80. The smallest absolute Gasteiger partial charge is 0.274 e. The van der Waals surface area contributed by atoms with Gasteiger partial charge in [0.25, 0.3) is 5.69 Å². The average molecular weight is 357 g/mol. The molecule has 1 N–H and O–H groups in total. The van der Waals surface area contributed by atoms with Gasteiger partial charge >= 0.3 is 0 Å². The summed E-state index contributed by atoms with van der Waals surface area (Å²) in [7, 11) is 1.34. The van der Waals surface area contributed by atoms with Crippen LogP contribution in [0.1, 0.15) is 5.56 Å². The first-order valence-electron chi connectivity index (χ1n) is 8.10. The number of rotatable bonds is 5. The van der Waals surface area contributed by atoms with E-state index in [-0.39, 0.29) is 22.7 Å². The number of nitro benzene ring substituents is 1. The fraction of sp³-hybridized carbons (Fsp3) is 0.278. The standard InChI is InChI=1S/C18H19N3O5/c1-25-17-11-16(21(23)24)10-13(18(17)22)12-19-14-2-4-15(5-3-14)20-6-8-26-9-7-20/h2-5,10-12,22H,6-9H2,1H3. The van der Waals surface area contributed by atoms with Crippen LogP contribution >= 0.6 is 0 Å². The number of phenolic OH excluding ortho intramolecular Hbond substituents is 1. The number of aliphatic imine (C=N–C) groups is 1. The van der Waals surface area contributed by atoms with Gasteiger partial charge in [-0.1, -0.05) is 0 Å². The molecule has 1 aliphatic rings. The van der Waals surface area contributed by atoms with Gasteiger partial charge in [-0.05, 0) is 24.3 Å². The van der Waals surface area contributed by atoms with Crippen LogP contribution in [0.5, 0.6) is 11.5 Å². The molecule has 0 radical (unpaired) electrons. The first-order chi connectivity index (χ1) is 12.6. The Hall–Kier alpha value is -3.13. The van der Waals surface area contributed by atoms with Crippen molar-refractivity contribution in [3.05, 3.63) is 52.1 Å². The zero-order valence-corrected chi connectivity index (χ0v) is 14.3. The molecule has 0 amide bonds. The lowest BCUT2D eigenvalue weighted by molar-refractivity contribution is -0.385. The van der Waals surface area contributed by atoms with Crippen LogP contribution in [0.25, 0.3) is 0 Å². The van der Waals surface area contributed by atoms with Gasteiger partial charge in [0.05, 0.1) is 37.0 Å². The third-order valence-electron chi connectivity index (χ3n) is 4.10. The Morgan fingerprint density at radius 2 is 1.96 bits per heavy atom. The second-order valence-corrected chi connectivity index (χ2v) is 5.72. The van der Waals surface area contributed by atoms with Crippen molar-refractivity contribution in [1.29, 1.82) is 0 Å². The maximum absolute atomic E-state index is 11.0. The van der Waals surface area contributed by atoms with Crippen LogP contribution in [-0.2, 0) is 4.74 Å². The fourth-order valence-electron chi connectivity index (χ4n) is 2.69. The number of ether oxygens (including phenoxy) is 2. The molecule has 8 heteroatoms. The average Bonchev–Trinajstić information content (AvgIpc) is 2.68. The Labute approximate surface area is 150 Å². The van der Waals surface area contributed by atoms with Crippen molar-refractivity contribution in [2.75, 3.05) is 38.3 Å². The fourth-order valence-corrected chi connectivity index (χ4v) is 2.69. The molecular formula is C18H19N3O5. The maximum Gasteiger partial charge on any atom is 0.274 e. The molecule has 1 heterocycles. The normalized spacial score (nSPS) is 14.6. The van der Waals surface area contributed by atoms with Crippen molar-refractivity contribution < 1.29 is 19.5 Å². The van der Waals surface area contributed by atoms with E-state index in [4.69, 9.17) is 9.47 Å². The molecule has 0 bridgehead atoms. The van der Waals surface area contributed by atoms with E-state index in [1.54, 1.807) is 0 Å². The lowest BCUT2D eigenvalue weighted by atomic mass is 10.1. The Kier molecular flexibility index (Phi) is 5.33. The molecule has 0 atom stereocenters. The molecule has 26 heavy (non-hydrogen) atoms. The number of morpholine rings is 1. The van der Waals surface area contributed by atoms with E-state index in [9.17, 15) is 15.2 Å². The van der Waals surface area contributed by atoms with Crippen LogP contribution in [0.3, 0.4) is 0 Å². The number of phenols is 1. The summed E-state index contributed by atoms with van der Waals surface area (Å²) in [6.07, 6.45) is 1.38. The highest BCUT2D eigenvalue weighted by Crippen LogP contribution is 2.33. The molecular weight excluding hydrogens is 338 g/mol. The van der Waals surface area contributed by atoms with E-state index in [2.05, 4.69) is 9.89 Å². The summed E-state index contributed by atoms with van der Waals surface area (Å²) in [6.45, 7) is 3.13. The number of hydrogen-bond acceptors (Lipinski definition) is 7. The monoisotopic (exact) mass is 357 g/mol. The van der Waals surface area contributed by atoms with Crippen LogP contribution in [0, 0.1) is 10.1 Å². The Morgan fingerprint density at radius 3 is 2.58 bits per heavy atom. The van der Waals surface area contributed by atoms with Crippen LogP contribution in [-0.4, -0.2) is 49.7 Å². The second-order valence-electron chi connectivity index (χ2n) is 5.72. The third-order valence-corrected chi connectivity index (χ3v) is 4.10. The van der Waals surface area contributed by atoms with Crippen molar-refractivity contribution in [1.82, 2.24) is 0 Å². The van der Waals surface area contributed by atoms with Crippen molar-refractivity contribution in [3.63, 3.8) is 0 Å². The number of hydrogen-bond donors (Lipinski definition) is 1. The zero-order chi connectivity index (χ0) is 18.5. The van der Waals surface area contributed by atoms with Crippen molar-refractivity contribution >= 4 is 23.3 Å². The van der Waals surface area contributed by atoms with Crippen LogP contribution in [0.2, 0.25) is 0 Å². The SMILES string of the molecule is COc1cc([N+](=O)[O-])cc(C=Nc2ccc(N3CCOCC3)cc2)c1O. The lowest BCUT2D eigenvalue weighted by Gasteiger charge is -2.28. The molecule has 2 aromatic rings. The molecule has 136 valence electrons. The first kappa shape index (κ1) is 17.7. The second kappa shape index (κ2) is 7.83. The van der Waals surface area contributed by atoms with Gasteiger partial charge in [-0.25, -0.2) is 0 Å². The summed E-state index contributed by atoms with van der Waals surface area (Å²) in [6, 6.07) is 10.1. The Balaban J connectivity index is 1.81. The van der Waals surface area contributed by atoms with Crippen LogP contribution in [0.15, 0.2) is 41.4 Å². The number of aromatic hydroxyl groups is 1. The number of benzene rings is 2. The summed E-state index contributed by atoms with van der Waals surface area (Å²) in [4.78, 5) is 17.0. The quantitative estimate of drug-likeness (QED) is 0.502. The minimum Gasteiger partial charge on any atom is -0.504 e. The molecule has 2 aromatic carbocycles. The van der Waals surface area contributed by atoms with E-state index in [1.807, 2.05) is 24.3 Å². The number of anilines is 1. The number of non-ortho nitro benzene ring substituents is 1. The number of nitro groups is 1. The predicted octanol–water partition coefficient (Wildman–Crippen LogP) is 2.90. The minimum absolute atomic E-state index is 0.0308. The van der Waals surface area contributed by atoms with Gasteiger partial charge in [-0.15, -0.1) is 0 Å². The van der Waals surface area contributed by atoms with Gasteiger partial charge in [0.2, 0.25) is 0 Å². The van der Waals surface area contributed by atoms with Gasteiger partial charge in [-0.3, -0.25) is 15.1 Å². The van der Waals surface area contributed by atoms with E-state index in [0.717, 1.165) is 18.8 Å². The van der Waals surface area contributed by atoms with Crippen molar-refractivity contribution in [2.45, 2.75) is 0 Å². The molecule has 0 unspecified atom stereocenters. The van der Waals surface area contributed by atoms with Crippen LogP contribution < -0.4 is 9.64 Å². The molecule has 0 aliphatic carbocycles. The molecule has 0 saturated carbocycles. The molecule has 1 saturated heterocycles. The Morgan fingerprint density at radius 1 is 1.27 bits per heavy atom. The highest BCUT2D eigenvalue weighted by molar-refractivity contribution is 5.88. The highest BCUT2D eigenvalue weighted by atomic mass is 16.6. The van der Waals surface area contributed by atoms with Crippen molar-refractivity contribution in [2.24, 2.45) is 4.99 Å². The predicted molar refractivity (Wildman–Crippen MR) is 98.0 cm³/mol. The van der Waals surface area contributed by atoms with E-state index in [1.165, 1.54) is 25.5 Å². The summed E-state index contributed by atoms with van der Waals surface area (Å²) >= 11 is 0. The molecule has 1 fully saturated rings. The summed E-state index contributed by atoms with van der Waals surface area (Å²) in [5, 5.41) is 21.1. The number of nitrogens with zero attached hydrogens (tertiary/aromatic N) is 3. The first-order valence-corrected chi connectivity index (χ1v) is 8.10. The highest BCUT2D eigenvalue weighted by Gasteiger charge is 2.16. The summed E-state index contributed by atoms with van der Waals surface area (Å²) in [5.74, 6) is -0.157. The number of methoxy groups -OCH3 is 1. The van der Waals surface area contributed by atoms with E-state index >= 15 is 0 Å². The van der Waals surface area contributed by atoms with E-state index < -0.39 is 4.92 Å². The molecule has 0 spiro atoms. The maximum atomic E-state index is 11.0. The lowest BCUT2D eigenvalue weighted by Crippen LogP contribution is -2.36. The van der Waals surface area contributed by atoms with E-state index in [0.29, 0.717) is 18.9 Å². The van der Waals surface area contributed by atoms with Gasteiger partial charge in [-0.2, -0.15) is 0 Å². The molecule has 1 aliphatic heterocycles.